The van der Waals surface area contributed by atoms with Crippen LogP contribution in [0.3, 0.4) is 0 Å². The summed E-state index contributed by atoms with van der Waals surface area (Å²) >= 11 is 0. The van der Waals surface area contributed by atoms with Crippen molar-refractivity contribution < 1.29 is 0 Å². The molecule has 27 heavy (non-hydrogen) atoms. The summed E-state index contributed by atoms with van der Waals surface area (Å²) in [5, 5.41) is 3.81. The highest BCUT2D eigenvalue weighted by atomic mass is 15.3. The number of fused-ring (bicyclic) bond motifs is 4. The largest absolute Gasteiger partial charge is 0.362 e. The molecule has 1 atom stereocenters. The first-order chi connectivity index (χ1) is 13.2. The third-order valence-electron chi connectivity index (χ3n) is 7.11. The maximum Gasteiger partial charge on any atom is 0.0642 e. The van der Waals surface area contributed by atoms with Gasteiger partial charge in [-0.15, -0.1) is 0 Å². The smallest absolute Gasteiger partial charge is 0.0642 e. The van der Waals surface area contributed by atoms with Crippen molar-refractivity contribution in [2.75, 3.05) is 16.8 Å². The van der Waals surface area contributed by atoms with Crippen LogP contribution < -0.4 is 10.2 Å². The molecule has 0 aromatic heterocycles. The summed E-state index contributed by atoms with van der Waals surface area (Å²) < 4.78 is 0. The second kappa shape index (κ2) is 7.58. The molecular weight excluding hydrogens is 328 g/mol. The van der Waals surface area contributed by atoms with Crippen molar-refractivity contribution in [2.24, 2.45) is 5.41 Å². The number of nitrogens with zero attached hydrogens (tertiary/aromatic N) is 1. The Bertz CT molecular complexity index is 791. The van der Waals surface area contributed by atoms with Crippen molar-refractivity contribution in [1.82, 2.24) is 0 Å². The Hall–Kier alpha value is -1.96. The third kappa shape index (κ3) is 3.35. The summed E-state index contributed by atoms with van der Waals surface area (Å²) in [7, 11) is 0. The molecule has 2 heteroatoms. The van der Waals surface area contributed by atoms with Crippen LogP contribution in [0.4, 0.5) is 17.1 Å². The van der Waals surface area contributed by atoms with Crippen LogP contribution in [0, 0.1) is 5.41 Å². The minimum atomic E-state index is 0.430. The molecule has 2 aromatic rings. The fourth-order valence-electron chi connectivity index (χ4n) is 5.14. The van der Waals surface area contributed by atoms with E-state index in [9.17, 15) is 0 Å². The van der Waals surface area contributed by atoms with Gasteiger partial charge < -0.3 is 10.2 Å². The Kier molecular flexibility index (Phi) is 5.16. The Morgan fingerprint density at radius 1 is 1.00 bits per heavy atom. The lowest BCUT2D eigenvalue weighted by Crippen LogP contribution is -2.30. The first-order valence-electron chi connectivity index (χ1n) is 11.0. The van der Waals surface area contributed by atoms with Gasteiger partial charge in [0.1, 0.15) is 0 Å². The predicted molar refractivity (Wildman–Crippen MR) is 117 cm³/mol. The maximum absolute atomic E-state index is 3.81. The Morgan fingerprint density at radius 3 is 2.56 bits per heavy atom. The standard InChI is InChI=1S/C25H34N2/c1-4-7-11-20-13-10-15-22-24(20)27-18-23(27)25(5-2,6-3)17-16-19-12-8-9-14-21(19)26-22/h8-10,12-15,23,26H,4-7,11,16-18H2,1-3H3. The number of hydrogen-bond donors (Lipinski definition) is 1. The van der Waals surface area contributed by atoms with Crippen molar-refractivity contribution in [1.29, 1.82) is 0 Å². The van der Waals surface area contributed by atoms with Gasteiger partial charge in [0.2, 0.25) is 0 Å². The van der Waals surface area contributed by atoms with Gasteiger partial charge in [0.15, 0.2) is 0 Å². The van der Waals surface area contributed by atoms with E-state index < -0.39 is 0 Å². The van der Waals surface area contributed by atoms with E-state index in [1.807, 2.05) is 0 Å². The number of benzene rings is 2. The molecule has 1 N–H and O–H groups in total. The molecule has 2 nitrogen and oxygen atoms in total. The molecule has 144 valence electrons. The zero-order valence-electron chi connectivity index (χ0n) is 17.2. The number of unbranched alkanes of at least 4 members (excludes halogenated alkanes) is 1. The van der Waals surface area contributed by atoms with Crippen LogP contribution in [0.25, 0.3) is 0 Å². The van der Waals surface area contributed by atoms with E-state index in [1.54, 1.807) is 0 Å². The molecule has 1 saturated heterocycles. The van der Waals surface area contributed by atoms with E-state index in [-0.39, 0.29) is 0 Å². The van der Waals surface area contributed by atoms with Gasteiger partial charge >= 0.3 is 0 Å². The average Bonchev–Trinajstić information content (AvgIpc) is 3.49. The van der Waals surface area contributed by atoms with Gasteiger partial charge in [-0.1, -0.05) is 57.5 Å². The van der Waals surface area contributed by atoms with Crippen LogP contribution in [0.15, 0.2) is 42.5 Å². The van der Waals surface area contributed by atoms with Gasteiger partial charge in [0.25, 0.3) is 0 Å². The fourth-order valence-corrected chi connectivity index (χ4v) is 5.14. The molecule has 0 aliphatic carbocycles. The summed E-state index contributed by atoms with van der Waals surface area (Å²) in [5.41, 5.74) is 7.46. The summed E-state index contributed by atoms with van der Waals surface area (Å²) in [5.74, 6) is 0. The SMILES string of the molecule is CCCCc1cccc2c1N1CC1C(CC)(CC)CCc1ccccc1N2. The van der Waals surface area contributed by atoms with E-state index in [0.29, 0.717) is 11.5 Å². The lowest BCUT2D eigenvalue weighted by atomic mass is 9.74. The molecule has 0 radical (unpaired) electrons. The molecule has 2 heterocycles. The van der Waals surface area contributed by atoms with Gasteiger partial charge in [-0.3, -0.25) is 0 Å². The Labute approximate surface area is 165 Å². The third-order valence-corrected chi connectivity index (χ3v) is 7.11. The molecule has 1 unspecified atom stereocenters. The zero-order chi connectivity index (χ0) is 18.9. The van der Waals surface area contributed by atoms with Crippen LogP contribution >= 0.6 is 0 Å². The number of nitrogens with one attached hydrogen (secondary N) is 1. The normalized spacial score (nSPS) is 20.1. The molecule has 1 fully saturated rings. The van der Waals surface area contributed by atoms with E-state index in [2.05, 4.69) is 73.5 Å². The van der Waals surface area contributed by atoms with Crippen LogP contribution in [0.1, 0.15) is 64.0 Å². The first-order valence-corrected chi connectivity index (χ1v) is 11.0. The second-order valence-corrected chi connectivity index (χ2v) is 8.44. The Morgan fingerprint density at radius 2 is 1.78 bits per heavy atom. The lowest BCUT2D eigenvalue weighted by Gasteiger charge is -2.34. The Balaban J connectivity index is 1.82. The summed E-state index contributed by atoms with van der Waals surface area (Å²) in [6.07, 6.45) is 8.68. The first kappa shape index (κ1) is 18.4. The van der Waals surface area contributed by atoms with Gasteiger partial charge in [0.05, 0.1) is 17.4 Å². The van der Waals surface area contributed by atoms with Gasteiger partial charge in [0, 0.05) is 12.2 Å². The average molecular weight is 363 g/mol. The maximum atomic E-state index is 3.81. The second-order valence-electron chi connectivity index (χ2n) is 8.44. The monoisotopic (exact) mass is 362 g/mol. The van der Waals surface area contributed by atoms with Crippen LogP contribution in [-0.2, 0) is 12.8 Å². The molecular formula is C25H34N2. The van der Waals surface area contributed by atoms with Crippen molar-refractivity contribution in [3.05, 3.63) is 53.6 Å². The zero-order valence-corrected chi connectivity index (χ0v) is 17.2. The number of hydrogen-bond acceptors (Lipinski definition) is 2. The minimum Gasteiger partial charge on any atom is -0.362 e. The minimum absolute atomic E-state index is 0.430. The summed E-state index contributed by atoms with van der Waals surface area (Å²) in [6.45, 7) is 8.31. The van der Waals surface area contributed by atoms with E-state index in [4.69, 9.17) is 0 Å². The summed E-state index contributed by atoms with van der Waals surface area (Å²) in [4.78, 5) is 2.70. The fraction of sp³-hybridized carbons (Fsp3) is 0.520. The van der Waals surface area contributed by atoms with Crippen LogP contribution in [0.2, 0.25) is 0 Å². The molecule has 0 amide bonds. The lowest BCUT2D eigenvalue weighted by molar-refractivity contribution is 0.238. The summed E-state index contributed by atoms with van der Waals surface area (Å²) in [6, 6.07) is 16.5. The molecule has 0 bridgehead atoms. The molecule has 0 spiro atoms. The quantitative estimate of drug-likeness (QED) is 0.594. The van der Waals surface area contributed by atoms with E-state index in [0.717, 1.165) is 0 Å². The topological polar surface area (TPSA) is 15.0 Å². The molecule has 2 aliphatic heterocycles. The highest BCUT2D eigenvalue weighted by Crippen LogP contribution is 2.51. The highest BCUT2D eigenvalue weighted by molar-refractivity contribution is 5.81. The van der Waals surface area contributed by atoms with Crippen molar-refractivity contribution >= 4 is 17.1 Å². The number of anilines is 3. The molecule has 2 aliphatic rings. The van der Waals surface area contributed by atoms with Crippen molar-refractivity contribution in [3.63, 3.8) is 0 Å². The molecule has 4 rings (SSSR count). The number of para-hydroxylation sites is 2. The number of aryl methyl sites for hydroxylation is 2. The van der Waals surface area contributed by atoms with Gasteiger partial charge in [-0.25, -0.2) is 0 Å². The van der Waals surface area contributed by atoms with Crippen LogP contribution in [-0.4, -0.2) is 12.6 Å². The van der Waals surface area contributed by atoms with E-state index >= 15 is 0 Å². The van der Waals surface area contributed by atoms with E-state index in [1.165, 1.54) is 79.7 Å². The molecule has 0 saturated carbocycles. The molecule has 2 aromatic carbocycles. The van der Waals surface area contributed by atoms with Gasteiger partial charge in [-0.05, 0) is 67.2 Å². The van der Waals surface area contributed by atoms with Crippen LogP contribution in [0.5, 0.6) is 0 Å². The predicted octanol–water partition coefficient (Wildman–Crippen LogP) is 6.71. The van der Waals surface area contributed by atoms with Crippen molar-refractivity contribution in [2.45, 2.75) is 71.8 Å². The van der Waals surface area contributed by atoms with Gasteiger partial charge in [-0.2, -0.15) is 0 Å². The van der Waals surface area contributed by atoms with Crippen molar-refractivity contribution in [3.8, 4) is 0 Å². The highest BCUT2D eigenvalue weighted by Gasteiger charge is 2.50. The number of rotatable bonds is 5.